The van der Waals surface area contributed by atoms with Crippen LogP contribution in [-0.2, 0) is 25.1 Å². The Bertz CT molecular complexity index is 359. The summed E-state index contributed by atoms with van der Waals surface area (Å²) in [5.41, 5.74) is 1.99. The van der Waals surface area contributed by atoms with E-state index in [-0.39, 0.29) is 18.6 Å². The Kier molecular flexibility index (Phi) is 5.93. The third-order valence-electron chi connectivity index (χ3n) is 2.94. The molecule has 0 spiro atoms. The van der Waals surface area contributed by atoms with Crippen LogP contribution in [0.15, 0.2) is 18.7 Å². The van der Waals surface area contributed by atoms with E-state index in [1.165, 1.54) is 0 Å². The Balaban J connectivity index is 0.00000144. The van der Waals surface area contributed by atoms with Crippen molar-refractivity contribution in [1.82, 2.24) is 14.8 Å². The number of aromatic nitrogens is 1. The van der Waals surface area contributed by atoms with Crippen molar-refractivity contribution in [3.63, 3.8) is 0 Å². The maximum atomic E-state index is 4.50. The minimum Gasteiger partial charge on any atom is -0.379 e. The van der Waals surface area contributed by atoms with Gasteiger partial charge in [-0.3, -0.25) is 0 Å². The second-order valence-corrected chi connectivity index (χ2v) is 4.27. The molecule has 0 saturated carbocycles. The van der Waals surface area contributed by atoms with E-state index in [2.05, 4.69) is 34.5 Å². The van der Waals surface area contributed by atoms with E-state index in [4.69, 9.17) is 0 Å². The predicted molar refractivity (Wildman–Crippen MR) is 65.9 cm³/mol. The fourth-order valence-corrected chi connectivity index (χ4v) is 1.87. The minimum absolute atomic E-state index is 0. The van der Waals surface area contributed by atoms with Gasteiger partial charge in [-0.05, 0) is 13.6 Å². The molecule has 1 saturated heterocycles. The van der Waals surface area contributed by atoms with Gasteiger partial charge < -0.3 is 14.8 Å². The zero-order valence-electron chi connectivity index (χ0n) is 10.3. The average molecular weight is 267 g/mol. The van der Waals surface area contributed by atoms with Gasteiger partial charge in [0.25, 0.3) is 0 Å². The third-order valence-corrected chi connectivity index (χ3v) is 2.94. The Morgan fingerprint density at radius 3 is 2.71 bits per heavy atom. The summed E-state index contributed by atoms with van der Waals surface area (Å²) < 4.78 is 0. The van der Waals surface area contributed by atoms with Gasteiger partial charge in [0.1, 0.15) is 0 Å². The van der Waals surface area contributed by atoms with E-state index in [1.54, 1.807) is 6.08 Å². The zero-order chi connectivity index (χ0) is 11.4. The number of likely N-dealkylation sites (N-methyl/N-ethyl adjacent to an activating group) is 1. The van der Waals surface area contributed by atoms with Gasteiger partial charge in [0.05, 0.1) is 0 Å². The fraction of sp³-hybridized carbons (Fsp3) is 0.462. The molecular weight excluding hydrogens is 249 g/mol. The van der Waals surface area contributed by atoms with Crippen molar-refractivity contribution in [2.45, 2.75) is 6.54 Å². The first-order valence-corrected chi connectivity index (χ1v) is 5.68. The van der Waals surface area contributed by atoms with Crippen LogP contribution in [-0.4, -0.2) is 48.0 Å². The molecule has 2 heterocycles. The Morgan fingerprint density at radius 2 is 2.06 bits per heavy atom. The van der Waals surface area contributed by atoms with Crippen LogP contribution in [0.1, 0.15) is 11.4 Å². The molecule has 3 nitrogen and oxygen atoms in total. The molecule has 1 aromatic heterocycles. The zero-order valence-corrected chi connectivity index (χ0v) is 11.7. The first kappa shape index (κ1) is 14.5. The van der Waals surface area contributed by atoms with Crippen LogP contribution in [0.25, 0.3) is 6.08 Å². The van der Waals surface area contributed by atoms with Gasteiger partial charge in [-0.15, -0.1) is 12.7 Å². The van der Waals surface area contributed by atoms with E-state index in [0.717, 1.165) is 44.1 Å². The molecule has 4 heteroatoms. The van der Waals surface area contributed by atoms with Gasteiger partial charge >= 0.3 is 0 Å². The molecule has 0 aliphatic carbocycles. The summed E-state index contributed by atoms with van der Waals surface area (Å²) >= 11 is 0. The van der Waals surface area contributed by atoms with Gasteiger partial charge in [-0.1, -0.05) is 11.4 Å². The summed E-state index contributed by atoms with van der Waals surface area (Å²) in [5.74, 6) is 0. The molecule has 0 bridgehead atoms. The number of rotatable bonds is 3. The van der Waals surface area contributed by atoms with Gasteiger partial charge in [0, 0.05) is 44.7 Å². The summed E-state index contributed by atoms with van der Waals surface area (Å²) in [5, 5.41) is 0. The molecule has 0 unspecified atom stereocenters. The van der Waals surface area contributed by atoms with E-state index in [0.29, 0.717) is 0 Å². The Morgan fingerprint density at radius 1 is 1.35 bits per heavy atom. The van der Waals surface area contributed by atoms with Gasteiger partial charge in [0.2, 0.25) is 0 Å². The Hall–Kier alpha value is -0.606. The third kappa shape index (κ3) is 4.28. The first-order valence-electron chi connectivity index (χ1n) is 5.68. The molecule has 2 rings (SSSR count). The van der Waals surface area contributed by atoms with Crippen molar-refractivity contribution in [2.24, 2.45) is 0 Å². The van der Waals surface area contributed by atoms with Crippen LogP contribution in [0, 0.1) is 6.07 Å². The van der Waals surface area contributed by atoms with E-state index in [1.807, 2.05) is 12.1 Å². The summed E-state index contributed by atoms with van der Waals surface area (Å²) in [6.07, 6.45) is 1.77. The van der Waals surface area contributed by atoms with E-state index < -0.39 is 0 Å². The number of hydrogen-bond donors (Lipinski definition) is 0. The van der Waals surface area contributed by atoms with Crippen LogP contribution in [0.3, 0.4) is 0 Å². The molecule has 1 fully saturated rings. The fourth-order valence-electron chi connectivity index (χ4n) is 1.87. The van der Waals surface area contributed by atoms with Crippen LogP contribution in [0.4, 0.5) is 0 Å². The Labute approximate surface area is 115 Å². The number of piperazine rings is 1. The molecule has 1 aromatic rings. The summed E-state index contributed by atoms with van der Waals surface area (Å²) in [7, 11) is 2.17. The maximum Gasteiger partial charge on any atom is 0.0107 e. The average Bonchev–Trinajstić information content (AvgIpc) is 2.32. The van der Waals surface area contributed by atoms with Crippen molar-refractivity contribution >= 4 is 6.08 Å². The smallest absolute Gasteiger partial charge is 0.0107 e. The van der Waals surface area contributed by atoms with Crippen molar-refractivity contribution in [3.8, 4) is 0 Å². The quantitative estimate of drug-likeness (QED) is 0.769. The van der Waals surface area contributed by atoms with Gasteiger partial charge in [-0.2, -0.15) is 18.2 Å². The van der Waals surface area contributed by atoms with E-state index in [9.17, 15) is 0 Å². The standard InChI is InChI=1S/C13H18N3.V/c1-3-12-5-4-6-13(14-12)11-16-9-7-15(2)8-10-16;/h3,5-6H,1,7-11H2,2H3;/q-1;. The monoisotopic (exact) mass is 267 g/mol. The molecule has 0 aromatic carbocycles. The van der Waals surface area contributed by atoms with Gasteiger partial charge in [0.15, 0.2) is 0 Å². The summed E-state index contributed by atoms with van der Waals surface area (Å²) in [6, 6.07) is 6.93. The molecule has 1 aliphatic heterocycles. The number of pyridine rings is 1. The predicted octanol–water partition coefficient (Wildman–Crippen LogP) is 1.27. The molecule has 0 N–H and O–H groups in total. The second kappa shape index (κ2) is 6.97. The summed E-state index contributed by atoms with van der Waals surface area (Å²) in [4.78, 5) is 9.29. The molecule has 0 amide bonds. The SMILES string of the molecule is C=Cc1c[c-]cc(CN2CCN(C)CC2)n1.[V]. The van der Waals surface area contributed by atoms with Crippen LogP contribution in [0.5, 0.6) is 0 Å². The first-order chi connectivity index (χ1) is 7.78. The summed E-state index contributed by atoms with van der Waals surface area (Å²) in [6.45, 7) is 9.18. The molecule has 17 heavy (non-hydrogen) atoms. The molecule has 1 aliphatic rings. The molecule has 91 valence electrons. The van der Waals surface area contributed by atoms with Crippen LogP contribution < -0.4 is 0 Å². The van der Waals surface area contributed by atoms with Crippen molar-refractivity contribution in [2.75, 3.05) is 33.2 Å². The normalized spacial score (nSPS) is 17.5. The number of nitrogens with zero attached hydrogens (tertiary/aromatic N) is 3. The maximum absolute atomic E-state index is 4.50. The van der Waals surface area contributed by atoms with Gasteiger partial charge in [-0.25, -0.2) is 0 Å². The largest absolute Gasteiger partial charge is 0.379 e. The number of hydrogen-bond acceptors (Lipinski definition) is 3. The van der Waals surface area contributed by atoms with Crippen molar-refractivity contribution in [1.29, 1.82) is 0 Å². The topological polar surface area (TPSA) is 19.4 Å². The molecular formula is C13H18N3V-. The second-order valence-electron chi connectivity index (χ2n) is 4.27. The minimum atomic E-state index is 0. The molecule has 0 atom stereocenters. The van der Waals surface area contributed by atoms with E-state index >= 15 is 0 Å². The van der Waals surface area contributed by atoms with Crippen molar-refractivity contribution in [3.05, 3.63) is 36.2 Å². The van der Waals surface area contributed by atoms with Crippen LogP contribution >= 0.6 is 0 Å². The van der Waals surface area contributed by atoms with Crippen LogP contribution in [0.2, 0.25) is 0 Å². The van der Waals surface area contributed by atoms with Crippen molar-refractivity contribution < 1.29 is 18.6 Å². The molecule has 1 radical (unpaired) electrons.